The zero-order valence-corrected chi connectivity index (χ0v) is 11.3. The van der Waals surface area contributed by atoms with E-state index in [2.05, 4.69) is 9.80 Å². The summed E-state index contributed by atoms with van der Waals surface area (Å²) in [6.45, 7) is 9.20. The van der Waals surface area contributed by atoms with Crippen LogP contribution in [0.2, 0.25) is 0 Å². The van der Waals surface area contributed by atoms with E-state index >= 15 is 0 Å². The minimum atomic E-state index is 0.188. The van der Waals surface area contributed by atoms with Gasteiger partial charge in [-0.3, -0.25) is 14.6 Å². The molecule has 17 heavy (non-hydrogen) atoms. The van der Waals surface area contributed by atoms with Crippen molar-refractivity contribution in [2.75, 3.05) is 66.6 Å². The molecule has 0 aromatic rings. The molecule has 1 aliphatic heterocycles. The maximum Gasteiger partial charge on any atom is 0.236 e. The van der Waals surface area contributed by atoms with Gasteiger partial charge in [0, 0.05) is 53.4 Å². The Labute approximate surface area is 104 Å². The van der Waals surface area contributed by atoms with Gasteiger partial charge in [0.25, 0.3) is 0 Å². The first-order valence-electron chi connectivity index (χ1n) is 6.36. The lowest BCUT2D eigenvalue weighted by Crippen LogP contribution is -2.49. The number of ether oxygens (including phenoxy) is 1. The predicted molar refractivity (Wildman–Crippen MR) is 68.1 cm³/mol. The number of likely N-dealkylation sites (N-methyl/N-ethyl adjacent to an activating group) is 1. The maximum absolute atomic E-state index is 11.6. The van der Waals surface area contributed by atoms with Crippen molar-refractivity contribution in [2.45, 2.75) is 6.92 Å². The van der Waals surface area contributed by atoms with Crippen molar-refractivity contribution in [2.24, 2.45) is 0 Å². The summed E-state index contributed by atoms with van der Waals surface area (Å²) in [5, 5.41) is 0. The number of hydrogen-bond acceptors (Lipinski definition) is 4. The van der Waals surface area contributed by atoms with Gasteiger partial charge in [-0.1, -0.05) is 0 Å². The molecule has 0 aromatic carbocycles. The highest BCUT2D eigenvalue weighted by molar-refractivity contribution is 5.77. The van der Waals surface area contributed by atoms with Gasteiger partial charge < -0.3 is 9.64 Å². The summed E-state index contributed by atoms with van der Waals surface area (Å²) in [7, 11) is 3.61. The molecule has 100 valence electrons. The lowest BCUT2D eigenvalue weighted by Gasteiger charge is -2.34. The third-order valence-electron chi connectivity index (χ3n) is 3.08. The van der Waals surface area contributed by atoms with E-state index in [0.29, 0.717) is 6.54 Å². The second kappa shape index (κ2) is 7.63. The largest absolute Gasteiger partial charge is 0.380 e. The number of amides is 1. The van der Waals surface area contributed by atoms with Crippen LogP contribution in [0.25, 0.3) is 0 Å². The van der Waals surface area contributed by atoms with Crippen LogP contribution in [0.5, 0.6) is 0 Å². The molecule has 0 aliphatic carbocycles. The number of carbonyl (C=O) groups is 1. The summed E-state index contributed by atoms with van der Waals surface area (Å²) in [5.41, 5.74) is 0. The van der Waals surface area contributed by atoms with Crippen molar-refractivity contribution in [3.8, 4) is 0 Å². The van der Waals surface area contributed by atoms with Crippen LogP contribution in [0, 0.1) is 0 Å². The number of piperazine rings is 1. The fraction of sp³-hybridized carbons (Fsp3) is 0.917. The average Bonchev–Trinajstić information content (AvgIpc) is 2.31. The molecule has 0 spiro atoms. The van der Waals surface area contributed by atoms with Gasteiger partial charge in [-0.15, -0.1) is 0 Å². The molecule has 1 heterocycles. The first-order valence-corrected chi connectivity index (χ1v) is 6.36. The Morgan fingerprint density at radius 1 is 1.18 bits per heavy atom. The minimum absolute atomic E-state index is 0.188. The summed E-state index contributed by atoms with van der Waals surface area (Å²) < 4.78 is 5.34. The standard InChI is InChI=1S/C12H25N3O2/c1-4-17-10-9-14-5-7-15(8-6-14)11-12(16)13(2)3/h4-11H2,1-3H3. The van der Waals surface area contributed by atoms with Crippen LogP contribution in [0.15, 0.2) is 0 Å². The fourth-order valence-corrected chi connectivity index (χ4v) is 1.84. The van der Waals surface area contributed by atoms with Crippen molar-refractivity contribution in [1.29, 1.82) is 0 Å². The van der Waals surface area contributed by atoms with Gasteiger partial charge in [-0.25, -0.2) is 0 Å². The quantitative estimate of drug-likeness (QED) is 0.602. The molecule has 5 heteroatoms. The highest BCUT2D eigenvalue weighted by Gasteiger charge is 2.18. The molecule has 1 fully saturated rings. The molecule has 1 amide bonds. The van der Waals surface area contributed by atoms with Crippen LogP contribution >= 0.6 is 0 Å². The first kappa shape index (κ1) is 14.4. The molecule has 0 bridgehead atoms. The maximum atomic E-state index is 11.6. The molecule has 1 rings (SSSR count). The molecule has 0 unspecified atom stereocenters. The van der Waals surface area contributed by atoms with Gasteiger partial charge in [0.2, 0.25) is 5.91 Å². The predicted octanol–water partition coefficient (Wildman–Crippen LogP) is -0.271. The van der Waals surface area contributed by atoms with Gasteiger partial charge in [0.05, 0.1) is 13.2 Å². The van der Waals surface area contributed by atoms with E-state index in [0.717, 1.165) is 45.9 Å². The van der Waals surface area contributed by atoms with Crippen LogP contribution in [0.1, 0.15) is 6.92 Å². The van der Waals surface area contributed by atoms with Gasteiger partial charge in [-0.05, 0) is 6.92 Å². The molecule has 1 aliphatic rings. The third-order valence-corrected chi connectivity index (χ3v) is 3.08. The summed E-state index contributed by atoms with van der Waals surface area (Å²) in [6.07, 6.45) is 0. The third kappa shape index (κ3) is 5.48. The van der Waals surface area contributed by atoms with Gasteiger partial charge in [0.15, 0.2) is 0 Å². The van der Waals surface area contributed by atoms with E-state index < -0.39 is 0 Å². The van der Waals surface area contributed by atoms with Crippen molar-refractivity contribution >= 4 is 5.91 Å². The van der Waals surface area contributed by atoms with Crippen LogP contribution < -0.4 is 0 Å². The zero-order chi connectivity index (χ0) is 12.7. The number of rotatable bonds is 6. The van der Waals surface area contributed by atoms with Crippen molar-refractivity contribution in [3.63, 3.8) is 0 Å². The molecule has 0 saturated carbocycles. The second-order valence-corrected chi connectivity index (χ2v) is 4.60. The Kier molecular flexibility index (Phi) is 6.47. The Hall–Kier alpha value is -0.650. The fourth-order valence-electron chi connectivity index (χ4n) is 1.84. The Morgan fingerprint density at radius 3 is 2.29 bits per heavy atom. The monoisotopic (exact) mass is 243 g/mol. The highest BCUT2D eigenvalue weighted by atomic mass is 16.5. The average molecular weight is 243 g/mol. The molecule has 0 aromatic heterocycles. The number of nitrogens with zero attached hydrogens (tertiary/aromatic N) is 3. The minimum Gasteiger partial charge on any atom is -0.380 e. The number of carbonyl (C=O) groups excluding carboxylic acids is 1. The number of hydrogen-bond donors (Lipinski definition) is 0. The van der Waals surface area contributed by atoms with Crippen LogP contribution in [0.3, 0.4) is 0 Å². The van der Waals surface area contributed by atoms with E-state index in [1.165, 1.54) is 0 Å². The van der Waals surface area contributed by atoms with Crippen LogP contribution in [-0.2, 0) is 9.53 Å². The molecule has 0 radical (unpaired) electrons. The highest BCUT2D eigenvalue weighted by Crippen LogP contribution is 2.01. The second-order valence-electron chi connectivity index (χ2n) is 4.60. The van der Waals surface area contributed by atoms with E-state index in [9.17, 15) is 4.79 Å². The smallest absolute Gasteiger partial charge is 0.236 e. The molecular formula is C12H25N3O2. The van der Waals surface area contributed by atoms with Gasteiger partial charge >= 0.3 is 0 Å². The zero-order valence-electron chi connectivity index (χ0n) is 11.3. The van der Waals surface area contributed by atoms with E-state index in [1.54, 1.807) is 19.0 Å². The van der Waals surface area contributed by atoms with Gasteiger partial charge in [0.1, 0.15) is 0 Å². The van der Waals surface area contributed by atoms with E-state index in [4.69, 9.17) is 4.74 Å². The Balaban J connectivity index is 2.15. The summed E-state index contributed by atoms with van der Waals surface area (Å²) in [6, 6.07) is 0. The van der Waals surface area contributed by atoms with Crippen LogP contribution in [-0.4, -0.2) is 87.2 Å². The lowest BCUT2D eigenvalue weighted by molar-refractivity contribution is -0.130. The van der Waals surface area contributed by atoms with Crippen LogP contribution in [0.4, 0.5) is 0 Å². The van der Waals surface area contributed by atoms with Crippen molar-refractivity contribution in [1.82, 2.24) is 14.7 Å². The lowest BCUT2D eigenvalue weighted by atomic mass is 10.3. The SMILES string of the molecule is CCOCCN1CCN(CC(=O)N(C)C)CC1. The summed E-state index contributed by atoms with van der Waals surface area (Å²) >= 11 is 0. The van der Waals surface area contributed by atoms with Gasteiger partial charge in [-0.2, -0.15) is 0 Å². The molecule has 0 N–H and O–H groups in total. The molecular weight excluding hydrogens is 218 g/mol. The Morgan fingerprint density at radius 2 is 1.76 bits per heavy atom. The summed E-state index contributed by atoms with van der Waals surface area (Å²) in [5.74, 6) is 0.188. The molecule has 1 saturated heterocycles. The van der Waals surface area contributed by atoms with Crippen molar-refractivity contribution < 1.29 is 9.53 Å². The molecule has 5 nitrogen and oxygen atoms in total. The molecule has 0 atom stereocenters. The summed E-state index contributed by atoms with van der Waals surface area (Å²) in [4.78, 5) is 17.8. The Bertz CT molecular complexity index is 226. The first-order chi connectivity index (χ1) is 8.13. The normalized spacial score (nSPS) is 18.3. The topological polar surface area (TPSA) is 36.0 Å². The van der Waals surface area contributed by atoms with E-state index in [-0.39, 0.29) is 5.91 Å². The van der Waals surface area contributed by atoms with Crippen molar-refractivity contribution in [3.05, 3.63) is 0 Å². The van der Waals surface area contributed by atoms with E-state index in [1.807, 2.05) is 6.92 Å².